The summed E-state index contributed by atoms with van der Waals surface area (Å²) in [5.41, 5.74) is -1.86. The molecule has 3 fully saturated rings. The van der Waals surface area contributed by atoms with Crippen molar-refractivity contribution in [2.45, 2.75) is 108 Å². The number of carbonyl (C=O) groups is 1. The van der Waals surface area contributed by atoms with E-state index in [2.05, 4.69) is 4.98 Å². The summed E-state index contributed by atoms with van der Waals surface area (Å²) >= 11 is 1.27. The van der Waals surface area contributed by atoms with Gasteiger partial charge in [-0.15, -0.1) is 11.3 Å². The van der Waals surface area contributed by atoms with Gasteiger partial charge in [-0.1, -0.05) is 18.2 Å². The standard InChI is InChI=1S/C34H39N3O8S/c1-19-26-29(38)37(34(12-13-34)31(39)45-33(2,3)4)32(40)36(30(26)46-27(19)28-35-14-15-42-28)18-25(23-8-6-7-9-24(23)41-5)44-22-16-20-10-11-21(17-22)43-20/h6-9,14-15,20-22,25H,10-13,16-18H2,1-5H3/t20-,21+,22-,25-/m0/s1. The molecule has 4 aromatic rings. The monoisotopic (exact) mass is 649 g/mol. The Labute approximate surface area is 270 Å². The first-order valence-electron chi connectivity index (χ1n) is 15.9. The summed E-state index contributed by atoms with van der Waals surface area (Å²) < 4.78 is 32.8. The van der Waals surface area contributed by atoms with Crippen LogP contribution in [0.15, 0.2) is 50.7 Å². The van der Waals surface area contributed by atoms with Gasteiger partial charge in [-0.05, 0) is 77.8 Å². The average Bonchev–Trinajstić information content (AvgIpc) is 3.29. The maximum absolute atomic E-state index is 14.7. The zero-order chi connectivity index (χ0) is 32.4. The molecule has 4 atom stereocenters. The minimum absolute atomic E-state index is 0.0808. The Hall–Kier alpha value is -3.74. The normalized spacial score (nSPS) is 22.6. The summed E-state index contributed by atoms with van der Waals surface area (Å²) in [6.45, 7) is 7.22. The highest BCUT2D eigenvalue weighted by molar-refractivity contribution is 7.22. The number of aryl methyl sites for hydroxylation is 1. The van der Waals surface area contributed by atoms with Gasteiger partial charge in [0.15, 0.2) is 5.54 Å². The fourth-order valence-electron chi connectivity index (χ4n) is 6.90. The molecule has 2 bridgehead atoms. The van der Waals surface area contributed by atoms with Crippen LogP contribution in [0.2, 0.25) is 0 Å². The number of methoxy groups -OCH3 is 1. The molecule has 2 saturated heterocycles. The van der Waals surface area contributed by atoms with Gasteiger partial charge >= 0.3 is 11.7 Å². The van der Waals surface area contributed by atoms with Crippen LogP contribution in [0, 0.1) is 6.92 Å². The Morgan fingerprint density at radius 3 is 2.50 bits per heavy atom. The van der Waals surface area contributed by atoms with Crippen LogP contribution >= 0.6 is 11.3 Å². The van der Waals surface area contributed by atoms with Gasteiger partial charge in [0.2, 0.25) is 5.89 Å². The van der Waals surface area contributed by atoms with Crippen molar-refractivity contribution in [1.29, 1.82) is 0 Å². The van der Waals surface area contributed by atoms with Crippen LogP contribution in [0.5, 0.6) is 5.75 Å². The van der Waals surface area contributed by atoms with Crippen molar-refractivity contribution < 1.29 is 28.2 Å². The Morgan fingerprint density at radius 2 is 1.87 bits per heavy atom. The number of hydrogen-bond donors (Lipinski definition) is 0. The van der Waals surface area contributed by atoms with Crippen molar-refractivity contribution in [2.75, 3.05) is 7.11 Å². The van der Waals surface area contributed by atoms with Crippen molar-refractivity contribution in [3.8, 4) is 16.5 Å². The summed E-state index contributed by atoms with van der Waals surface area (Å²) in [7, 11) is 1.61. The molecule has 1 aromatic carbocycles. The summed E-state index contributed by atoms with van der Waals surface area (Å²) in [6, 6.07) is 7.62. The second-order valence-corrected chi connectivity index (χ2v) is 14.6. The van der Waals surface area contributed by atoms with E-state index >= 15 is 0 Å². The molecule has 244 valence electrons. The number of aromatic nitrogens is 3. The molecule has 3 aromatic heterocycles. The predicted molar refractivity (Wildman–Crippen MR) is 171 cm³/mol. The Bertz CT molecular complexity index is 1880. The molecule has 0 amide bonds. The molecule has 5 heterocycles. The summed E-state index contributed by atoms with van der Waals surface area (Å²) in [6.07, 6.45) is 6.86. The topological polar surface area (TPSA) is 124 Å². The quantitative estimate of drug-likeness (QED) is 0.216. The Morgan fingerprint density at radius 1 is 1.15 bits per heavy atom. The minimum Gasteiger partial charge on any atom is -0.496 e. The van der Waals surface area contributed by atoms with E-state index < -0.39 is 34.5 Å². The number of oxazole rings is 1. The van der Waals surface area contributed by atoms with Gasteiger partial charge in [0, 0.05) is 5.56 Å². The highest BCUT2D eigenvalue weighted by Crippen LogP contribution is 2.45. The lowest BCUT2D eigenvalue weighted by atomic mass is 10.0. The van der Waals surface area contributed by atoms with Gasteiger partial charge < -0.3 is 23.4 Å². The molecule has 7 rings (SSSR count). The number of nitrogens with zero attached hydrogens (tertiary/aromatic N) is 3. The van der Waals surface area contributed by atoms with E-state index in [1.54, 1.807) is 38.6 Å². The van der Waals surface area contributed by atoms with E-state index in [-0.39, 0.29) is 24.9 Å². The first kappa shape index (κ1) is 30.9. The number of thiophene rings is 1. The zero-order valence-corrected chi connectivity index (χ0v) is 27.6. The van der Waals surface area contributed by atoms with Gasteiger partial charge in [0.25, 0.3) is 5.56 Å². The van der Waals surface area contributed by atoms with E-state index in [0.717, 1.165) is 35.8 Å². The number of esters is 1. The fourth-order valence-corrected chi connectivity index (χ4v) is 8.14. The fraction of sp³-hybridized carbons (Fsp3) is 0.529. The van der Waals surface area contributed by atoms with Gasteiger partial charge in [-0.2, -0.15) is 0 Å². The minimum atomic E-state index is -1.38. The number of hydrogen-bond acceptors (Lipinski definition) is 10. The van der Waals surface area contributed by atoms with Crippen LogP contribution in [-0.2, 0) is 31.1 Å². The third-order valence-electron chi connectivity index (χ3n) is 9.21. The molecule has 46 heavy (non-hydrogen) atoms. The van der Waals surface area contributed by atoms with E-state index in [4.69, 9.17) is 23.4 Å². The van der Waals surface area contributed by atoms with Crippen LogP contribution in [0.4, 0.5) is 0 Å². The van der Waals surface area contributed by atoms with Crippen molar-refractivity contribution in [2.24, 2.45) is 0 Å². The molecular formula is C34H39N3O8S. The van der Waals surface area contributed by atoms with Crippen LogP contribution in [-0.4, -0.2) is 51.1 Å². The first-order valence-corrected chi connectivity index (χ1v) is 16.7. The van der Waals surface area contributed by atoms with Gasteiger partial charge in [-0.3, -0.25) is 9.36 Å². The van der Waals surface area contributed by atoms with E-state index in [0.29, 0.717) is 45.1 Å². The Kier molecular flexibility index (Phi) is 7.72. The lowest BCUT2D eigenvalue weighted by Gasteiger charge is -2.32. The molecule has 11 nitrogen and oxygen atoms in total. The molecule has 1 aliphatic carbocycles. The van der Waals surface area contributed by atoms with Crippen molar-refractivity contribution in [1.82, 2.24) is 14.1 Å². The largest absolute Gasteiger partial charge is 0.496 e. The maximum Gasteiger partial charge on any atom is 0.333 e. The lowest BCUT2D eigenvalue weighted by molar-refractivity contribution is -0.161. The molecule has 3 aliphatic rings. The number of fused-ring (bicyclic) bond motifs is 3. The first-order chi connectivity index (χ1) is 22.0. The van der Waals surface area contributed by atoms with E-state index in [9.17, 15) is 14.4 Å². The maximum atomic E-state index is 14.7. The van der Waals surface area contributed by atoms with E-state index in [1.165, 1.54) is 17.6 Å². The second-order valence-electron chi connectivity index (χ2n) is 13.6. The molecule has 12 heteroatoms. The van der Waals surface area contributed by atoms with Crippen LogP contribution < -0.4 is 16.0 Å². The predicted octanol–water partition coefficient (Wildman–Crippen LogP) is 5.50. The number of ether oxygens (including phenoxy) is 4. The molecule has 0 N–H and O–H groups in total. The van der Waals surface area contributed by atoms with Gasteiger partial charge in [-0.25, -0.2) is 19.1 Å². The van der Waals surface area contributed by atoms with Crippen LogP contribution in [0.1, 0.15) is 76.5 Å². The highest BCUT2D eigenvalue weighted by Gasteiger charge is 2.56. The van der Waals surface area contributed by atoms with Crippen molar-refractivity contribution in [3.63, 3.8) is 0 Å². The molecular weight excluding hydrogens is 610 g/mol. The molecule has 0 radical (unpaired) electrons. The van der Waals surface area contributed by atoms with Crippen LogP contribution in [0.25, 0.3) is 21.0 Å². The molecule has 2 aliphatic heterocycles. The van der Waals surface area contributed by atoms with Crippen molar-refractivity contribution >= 4 is 27.5 Å². The van der Waals surface area contributed by atoms with Gasteiger partial charge in [0.05, 0.1) is 48.4 Å². The van der Waals surface area contributed by atoms with E-state index in [1.807, 2.05) is 31.2 Å². The second kappa shape index (κ2) is 11.5. The van der Waals surface area contributed by atoms with Gasteiger partial charge in [0.1, 0.15) is 28.5 Å². The Balaban J connectivity index is 1.41. The number of para-hydroxylation sites is 1. The number of carbonyl (C=O) groups excluding carboxylic acids is 1. The number of benzene rings is 1. The highest BCUT2D eigenvalue weighted by atomic mass is 32.1. The third-order valence-corrected chi connectivity index (χ3v) is 10.5. The third kappa shape index (κ3) is 5.39. The summed E-state index contributed by atoms with van der Waals surface area (Å²) in [5, 5.41) is 0.343. The molecule has 0 unspecified atom stereocenters. The summed E-state index contributed by atoms with van der Waals surface area (Å²) in [4.78, 5) is 48.1. The average molecular weight is 650 g/mol. The molecule has 0 spiro atoms. The summed E-state index contributed by atoms with van der Waals surface area (Å²) in [5.74, 6) is 0.406. The van der Waals surface area contributed by atoms with Crippen molar-refractivity contribution in [3.05, 3.63) is 68.7 Å². The SMILES string of the molecule is COc1ccccc1[C@H](Cn1c(=O)n(C2(C(=O)OC(C)(C)C)CC2)c(=O)c2c(C)c(-c3ncco3)sc21)O[C@@H]1C[C@H]2CC[C@@H](C1)O2. The lowest BCUT2D eigenvalue weighted by Crippen LogP contribution is -2.50. The zero-order valence-electron chi connectivity index (χ0n) is 26.7. The van der Waals surface area contributed by atoms with Crippen LogP contribution in [0.3, 0.4) is 0 Å². The molecule has 1 saturated carbocycles. The smallest absolute Gasteiger partial charge is 0.333 e. The number of rotatable bonds is 9.